The molecule has 1 fully saturated rings. The quantitative estimate of drug-likeness (QED) is 0.630. The number of carbonyl (C=O) groups is 1. The number of aryl methyl sites for hydroxylation is 1. The van der Waals surface area contributed by atoms with Gasteiger partial charge in [0.2, 0.25) is 5.91 Å². The van der Waals surface area contributed by atoms with Crippen molar-refractivity contribution in [3.8, 4) is 0 Å². The van der Waals surface area contributed by atoms with Crippen molar-refractivity contribution >= 4 is 5.91 Å². The van der Waals surface area contributed by atoms with Gasteiger partial charge in [-0.25, -0.2) is 4.68 Å². The lowest BCUT2D eigenvalue weighted by Gasteiger charge is -2.13. The van der Waals surface area contributed by atoms with Crippen LogP contribution in [0.25, 0.3) is 0 Å². The smallest absolute Gasteiger partial charge is 0.230 e. The van der Waals surface area contributed by atoms with Gasteiger partial charge in [0.1, 0.15) is 0 Å². The second-order valence-electron chi connectivity index (χ2n) is 3.48. The minimum absolute atomic E-state index is 0.125. The summed E-state index contributed by atoms with van der Waals surface area (Å²) >= 11 is 0. The molecule has 0 radical (unpaired) electrons. The van der Waals surface area contributed by atoms with E-state index >= 15 is 0 Å². The third kappa shape index (κ3) is 1.73. The molecule has 2 heterocycles. The third-order valence-electron chi connectivity index (χ3n) is 2.48. The summed E-state index contributed by atoms with van der Waals surface area (Å²) in [4.78, 5) is 13.6. The van der Waals surface area contributed by atoms with Crippen LogP contribution in [0.1, 0.15) is 18.7 Å². The van der Waals surface area contributed by atoms with Crippen LogP contribution in [0, 0.1) is 0 Å². The molecular weight excluding hydrogens is 182 g/mol. The maximum atomic E-state index is 11.7. The van der Waals surface area contributed by atoms with E-state index < -0.39 is 0 Å². The van der Waals surface area contributed by atoms with Gasteiger partial charge < -0.3 is 4.90 Å². The first-order valence-electron chi connectivity index (χ1n) is 4.76. The van der Waals surface area contributed by atoms with Crippen LogP contribution in [0.5, 0.6) is 0 Å². The molecule has 0 saturated carbocycles. The Balaban J connectivity index is 1.97. The second kappa shape index (κ2) is 3.73. The minimum atomic E-state index is 0.125. The van der Waals surface area contributed by atoms with Crippen LogP contribution in [-0.4, -0.2) is 44.1 Å². The molecule has 1 saturated heterocycles. The zero-order valence-corrected chi connectivity index (χ0v) is 8.18. The average molecular weight is 195 g/mol. The van der Waals surface area contributed by atoms with Crippen molar-refractivity contribution in [2.75, 3.05) is 13.1 Å². The van der Waals surface area contributed by atoms with Gasteiger partial charge in [-0.05, 0) is 23.3 Å². The van der Waals surface area contributed by atoms with Gasteiger partial charge in [-0.2, -0.15) is 0 Å². The van der Waals surface area contributed by atoms with Crippen LogP contribution in [0.15, 0.2) is 0 Å². The van der Waals surface area contributed by atoms with Crippen molar-refractivity contribution in [1.29, 1.82) is 0 Å². The van der Waals surface area contributed by atoms with E-state index in [4.69, 9.17) is 0 Å². The zero-order chi connectivity index (χ0) is 9.97. The number of rotatable bonds is 2. The predicted octanol–water partition coefficient (Wildman–Crippen LogP) is -0.625. The summed E-state index contributed by atoms with van der Waals surface area (Å²) in [5.41, 5.74) is 0. The maximum Gasteiger partial charge on any atom is 0.230 e. The number of hydrogen-bond acceptors (Lipinski definition) is 4. The summed E-state index contributed by atoms with van der Waals surface area (Å²) < 4.78 is 1.54. The normalized spacial score (nSPS) is 16.2. The standard InChI is InChI=1S/C8H13N5O/c1-12-7(9-10-11-12)6-8(14)13-4-2-3-5-13/h2-6H2,1H3. The minimum Gasteiger partial charge on any atom is -0.342 e. The van der Waals surface area contributed by atoms with Crippen molar-refractivity contribution in [2.24, 2.45) is 7.05 Å². The number of tetrazole rings is 1. The SMILES string of the molecule is Cn1nnnc1CC(=O)N1CCCC1. The molecule has 76 valence electrons. The van der Waals surface area contributed by atoms with Crippen LogP contribution in [0.2, 0.25) is 0 Å². The number of likely N-dealkylation sites (tertiary alicyclic amines) is 1. The van der Waals surface area contributed by atoms with Crippen LogP contribution in [0.3, 0.4) is 0 Å². The highest BCUT2D eigenvalue weighted by atomic mass is 16.2. The van der Waals surface area contributed by atoms with Crippen LogP contribution >= 0.6 is 0 Å². The summed E-state index contributed by atoms with van der Waals surface area (Å²) in [6.45, 7) is 1.76. The van der Waals surface area contributed by atoms with Gasteiger partial charge in [-0.15, -0.1) is 5.10 Å². The van der Waals surface area contributed by atoms with E-state index in [1.807, 2.05) is 4.90 Å². The lowest BCUT2D eigenvalue weighted by Crippen LogP contribution is -2.29. The highest BCUT2D eigenvalue weighted by molar-refractivity contribution is 5.78. The first-order valence-corrected chi connectivity index (χ1v) is 4.76. The van der Waals surface area contributed by atoms with Gasteiger partial charge in [-0.1, -0.05) is 0 Å². The molecule has 0 unspecified atom stereocenters. The molecule has 0 aromatic carbocycles. The topological polar surface area (TPSA) is 63.9 Å². The number of nitrogens with zero attached hydrogens (tertiary/aromatic N) is 5. The molecule has 1 aliphatic rings. The van der Waals surface area contributed by atoms with Crippen molar-refractivity contribution < 1.29 is 4.79 Å². The van der Waals surface area contributed by atoms with Gasteiger partial charge in [0, 0.05) is 20.1 Å². The molecule has 1 aromatic heterocycles. The molecule has 0 N–H and O–H groups in total. The summed E-state index contributed by atoms with van der Waals surface area (Å²) in [6.07, 6.45) is 2.54. The van der Waals surface area contributed by atoms with E-state index in [1.165, 1.54) is 4.68 Å². The van der Waals surface area contributed by atoms with Crippen LogP contribution in [-0.2, 0) is 18.3 Å². The molecule has 6 nitrogen and oxygen atoms in total. The van der Waals surface area contributed by atoms with E-state index in [0.29, 0.717) is 12.2 Å². The zero-order valence-electron chi connectivity index (χ0n) is 8.18. The fourth-order valence-electron chi connectivity index (χ4n) is 1.61. The molecule has 0 aliphatic carbocycles. The fraction of sp³-hybridized carbons (Fsp3) is 0.750. The Morgan fingerprint density at radius 1 is 1.43 bits per heavy atom. The first kappa shape index (κ1) is 9.11. The lowest BCUT2D eigenvalue weighted by molar-refractivity contribution is -0.129. The molecule has 6 heteroatoms. The highest BCUT2D eigenvalue weighted by Gasteiger charge is 2.19. The van der Waals surface area contributed by atoms with Crippen molar-refractivity contribution in [1.82, 2.24) is 25.1 Å². The molecule has 1 aliphatic heterocycles. The van der Waals surface area contributed by atoms with Crippen molar-refractivity contribution in [2.45, 2.75) is 19.3 Å². The van der Waals surface area contributed by atoms with Gasteiger partial charge in [0.25, 0.3) is 0 Å². The predicted molar refractivity (Wildman–Crippen MR) is 48.3 cm³/mol. The van der Waals surface area contributed by atoms with Crippen molar-refractivity contribution in [3.05, 3.63) is 5.82 Å². The van der Waals surface area contributed by atoms with Crippen LogP contribution < -0.4 is 0 Å². The molecule has 1 aromatic rings. The van der Waals surface area contributed by atoms with Gasteiger partial charge in [0.15, 0.2) is 5.82 Å². The summed E-state index contributed by atoms with van der Waals surface area (Å²) in [6, 6.07) is 0. The Bertz CT molecular complexity index is 328. The second-order valence-corrected chi connectivity index (χ2v) is 3.48. The Morgan fingerprint density at radius 3 is 2.71 bits per heavy atom. The summed E-state index contributed by atoms with van der Waals surface area (Å²) in [7, 11) is 1.74. The Morgan fingerprint density at radius 2 is 2.14 bits per heavy atom. The lowest BCUT2D eigenvalue weighted by atomic mass is 10.3. The Hall–Kier alpha value is -1.46. The van der Waals surface area contributed by atoms with E-state index in [1.54, 1.807) is 7.05 Å². The third-order valence-corrected chi connectivity index (χ3v) is 2.48. The summed E-state index contributed by atoms with van der Waals surface area (Å²) in [5, 5.41) is 11.0. The van der Waals surface area contributed by atoms with Gasteiger partial charge in [0.05, 0.1) is 6.42 Å². The monoisotopic (exact) mass is 195 g/mol. The largest absolute Gasteiger partial charge is 0.342 e. The van der Waals surface area contributed by atoms with Crippen LogP contribution in [0.4, 0.5) is 0 Å². The fourth-order valence-corrected chi connectivity index (χ4v) is 1.61. The number of amides is 1. The molecule has 14 heavy (non-hydrogen) atoms. The Kier molecular flexibility index (Phi) is 2.43. The van der Waals surface area contributed by atoms with Gasteiger partial charge in [-0.3, -0.25) is 4.79 Å². The highest BCUT2D eigenvalue weighted by Crippen LogP contribution is 2.08. The molecular formula is C8H13N5O. The molecule has 0 bridgehead atoms. The average Bonchev–Trinajstić information content (AvgIpc) is 2.77. The molecule has 1 amide bonds. The number of carbonyl (C=O) groups excluding carboxylic acids is 1. The van der Waals surface area contributed by atoms with Crippen molar-refractivity contribution in [3.63, 3.8) is 0 Å². The Labute approximate surface area is 81.9 Å². The first-order chi connectivity index (χ1) is 6.77. The molecule has 0 spiro atoms. The summed E-state index contributed by atoms with van der Waals surface area (Å²) in [5.74, 6) is 0.752. The molecule has 0 atom stereocenters. The van der Waals surface area contributed by atoms with E-state index in [-0.39, 0.29) is 5.91 Å². The number of aromatic nitrogens is 4. The van der Waals surface area contributed by atoms with Gasteiger partial charge >= 0.3 is 0 Å². The maximum absolute atomic E-state index is 11.7. The van der Waals surface area contributed by atoms with E-state index in [2.05, 4.69) is 15.5 Å². The number of hydrogen-bond donors (Lipinski definition) is 0. The van der Waals surface area contributed by atoms with E-state index in [9.17, 15) is 4.79 Å². The molecule has 2 rings (SSSR count). The van der Waals surface area contributed by atoms with E-state index in [0.717, 1.165) is 25.9 Å².